The van der Waals surface area contributed by atoms with Crippen LogP contribution in [0.25, 0.3) is 0 Å². The van der Waals surface area contributed by atoms with Crippen molar-refractivity contribution in [3.05, 3.63) is 0 Å². The van der Waals surface area contributed by atoms with Crippen LogP contribution in [0.1, 0.15) is 39.0 Å². The van der Waals surface area contributed by atoms with E-state index in [-0.39, 0.29) is 16.5 Å². The van der Waals surface area contributed by atoms with Gasteiger partial charge < -0.3 is 11.1 Å². The monoisotopic (exact) mass is 329 g/mol. The molecule has 0 unspecified atom stereocenters. The summed E-state index contributed by atoms with van der Waals surface area (Å²) in [6.45, 7) is 2.71. The van der Waals surface area contributed by atoms with Crippen molar-refractivity contribution in [3.8, 4) is 0 Å². The average molecular weight is 329 g/mol. The number of nitrogens with two attached hydrogens (primary N) is 1. The number of nitrogens with zero attached hydrogens (tertiary/aromatic N) is 1. The van der Waals surface area contributed by atoms with Gasteiger partial charge in [0.2, 0.25) is 0 Å². The summed E-state index contributed by atoms with van der Waals surface area (Å²) < 4.78 is 28.7. The Morgan fingerprint density at radius 2 is 1.95 bits per heavy atom. The number of hydrogen-bond donors (Lipinski definition) is 2. The van der Waals surface area contributed by atoms with Gasteiger partial charge in [-0.3, -0.25) is 0 Å². The van der Waals surface area contributed by atoms with Gasteiger partial charge in [0.25, 0.3) is 0 Å². The van der Waals surface area contributed by atoms with Crippen LogP contribution >= 0.6 is 11.5 Å². The molecule has 0 aromatic carbocycles. The molecule has 0 saturated heterocycles. The molecule has 0 atom stereocenters. The van der Waals surface area contributed by atoms with Crippen molar-refractivity contribution in [3.63, 3.8) is 0 Å². The van der Waals surface area contributed by atoms with Crippen LogP contribution in [-0.4, -0.2) is 25.1 Å². The van der Waals surface area contributed by atoms with Gasteiger partial charge in [0.1, 0.15) is 9.90 Å². The Kier molecular flexibility index (Phi) is 4.14. The van der Waals surface area contributed by atoms with E-state index >= 15 is 0 Å². The molecule has 1 aromatic heterocycles. The number of rotatable bonds is 8. The zero-order valence-corrected chi connectivity index (χ0v) is 14.0. The number of anilines is 2. The molecule has 2 saturated carbocycles. The minimum Gasteiger partial charge on any atom is -0.382 e. The molecular weight excluding hydrogens is 306 g/mol. The molecular formula is C14H23N3O2S2. The Bertz CT molecular complexity index is 592. The molecule has 0 spiro atoms. The van der Waals surface area contributed by atoms with Gasteiger partial charge in [-0.1, -0.05) is 6.92 Å². The SMILES string of the molecule is CCCS(=O)(=O)c1c(N)nsc1NCC(C1CC1)C1CC1. The molecule has 2 fully saturated rings. The fourth-order valence-electron chi connectivity index (χ4n) is 3.06. The number of nitrogens with one attached hydrogen (secondary N) is 1. The van der Waals surface area contributed by atoms with Gasteiger partial charge in [-0.25, -0.2) is 8.42 Å². The Balaban J connectivity index is 1.73. The molecule has 3 rings (SSSR count). The quantitative estimate of drug-likeness (QED) is 0.766. The van der Waals surface area contributed by atoms with Gasteiger partial charge in [0.05, 0.1) is 5.75 Å². The van der Waals surface area contributed by atoms with Gasteiger partial charge in [-0.15, -0.1) is 0 Å². The van der Waals surface area contributed by atoms with E-state index in [4.69, 9.17) is 5.73 Å². The molecule has 0 aliphatic heterocycles. The van der Waals surface area contributed by atoms with E-state index in [1.807, 2.05) is 6.92 Å². The number of nitrogen functional groups attached to an aromatic ring is 1. The van der Waals surface area contributed by atoms with Crippen LogP contribution in [0.5, 0.6) is 0 Å². The zero-order chi connectivity index (χ0) is 15.0. The second-order valence-corrected chi connectivity index (χ2v) is 9.08. The standard InChI is InChI=1S/C14H23N3O2S2/c1-2-7-21(18,19)12-13(15)17-20-14(12)16-8-11(9-3-4-9)10-5-6-10/h9-11,16H,2-8H2,1H3,(H2,15,17). The maximum atomic E-state index is 12.3. The smallest absolute Gasteiger partial charge is 0.185 e. The van der Waals surface area contributed by atoms with Gasteiger partial charge >= 0.3 is 0 Å². The summed E-state index contributed by atoms with van der Waals surface area (Å²) in [5, 5.41) is 3.97. The number of hydrogen-bond acceptors (Lipinski definition) is 6. The third kappa shape index (κ3) is 3.34. The molecule has 2 aliphatic carbocycles. The molecule has 118 valence electrons. The predicted molar refractivity (Wildman–Crippen MR) is 86.3 cm³/mol. The summed E-state index contributed by atoms with van der Waals surface area (Å²) in [5.41, 5.74) is 5.79. The van der Waals surface area contributed by atoms with Crippen LogP contribution in [0.15, 0.2) is 4.90 Å². The van der Waals surface area contributed by atoms with E-state index in [1.54, 1.807) is 0 Å². The van der Waals surface area contributed by atoms with E-state index < -0.39 is 9.84 Å². The summed E-state index contributed by atoms with van der Waals surface area (Å²) >= 11 is 1.17. The lowest BCUT2D eigenvalue weighted by molar-refractivity contribution is 0.428. The minimum absolute atomic E-state index is 0.124. The van der Waals surface area contributed by atoms with Crippen LogP contribution in [0.4, 0.5) is 10.8 Å². The van der Waals surface area contributed by atoms with Gasteiger partial charge in [-0.05, 0) is 61.4 Å². The van der Waals surface area contributed by atoms with Crippen molar-refractivity contribution in [2.45, 2.75) is 43.9 Å². The lowest BCUT2D eigenvalue weighted by Crippen LogP contribution is -2.19. The highest BCUT2D eigenvalue weighted by molar-refractivity contribution is 7.91. The highest BCUT2D eigenvalue weighted by atomic mass is 32.2. The van der Waals surface area contributed by atoms with Crippen molar-refractivity contribution in [2.75, 3.05) is 23.3 Å². The van der Waals surface area contributed by atoms with Crippen LogP contribution in [0.3, 0.4) is 0 Å². The first-order chi connectivity index (χ1) is 10.0. The number of aromatic nitrogens is 1. The second-order valence-electron chi connectivity index (χ2n) is 6.26. The van der Waals surface area contributed by atoms with Crippen molar-refractivity contribution >= 4 is 32.2 Å². The van der Waals surface area contributed by atoms with Gasteiger partial charge in [0, 0.05) is 6.54 Å². The lowest BCUT2D eigenvalue weighted by Gasteiger charge is -2.16. The van der Waals surface area contributed by atoms with Crippen LogP contribution < -0.4 is 11.1 Å². The first kappa shape index (κ1) is 15.1. The van der Waals surface area contributed by atoms with Crippen LogP contribution in [0.2, 0.25) is 0 Å². The van der Waals surface area contributed by atoms with Crippen molar-refractivity contribution in [2.24, 2.45) is 17.8 Å². The van der Waals surface area contributed by atoms with Gasteiger partial charge in [0.15, 0.2) is 15.7 Å². The topological polar surface area (TPSA) is 85.1 Å². The minimum atomic E-state index is -3.33. The predicted octanol–water partition coefficient (Wildman–Crippen LogP) is 2.76. The molecule has 0 radical (unpaired) electrons. The third-order valence-corrected chi connectivity index (χ3v) is 7.34. The Morgan fingerprint density at radius 1 is 1.33 bits per heavy atom. The summed E-state index contributed by atoms with van der Waals surface area (Å²) in [6, 6.07) is 0. The Hall–Kier alpha value is -0.820. The van der Waals surface area contributed by atoms with Crippen LogP contribution in [0, 0.1) is 17.8 Å². The molecule has 0 amide bonds. The fraction of sp³-hybridized carbons (Fsp3) is 0.786. The lowest BCUT2D eigenvalue weighted by atomic mass is 9.98. The number of sulfone groups is 1. The molecule has 0 bridgehead atoms. The highest BCUT2D eigenvalue weighted by Gasteiger charge is 2.41. The molecule has 1 aromatic rings. The van der Waals surface area contributed by atoms with E-state index in [9.17, 15) is 8.42 Å². The van der Waals surface area contributed by atoms with E-state index in [2.05, 4.69) is 9.69 Å². The molecule has 5 nitrogen and oxygen atoms in total. The maximum absolute atomic E-state index is 12.3. The fourth-order valence-corrected chi connectivity index (χ4v) is 5.68. The van der Waals surface area contributed by atoms with Gasteiger partial charge in [-0.2, -0.15) is 4.37 Å². The maximum Gasteiger partial charge on any atom is 0.185 e. The summed E-state index contributed by atoms with van der Waals surface area (Å²) in [4.78, 5) is 0.222. The summed E-state index contributed by atoms with van der Waals surface area (Å²) in [6.07, 6.45) is 5.90. The van der Waals surface area contributed by atoms with Crippen molar-refractivity contribution in [1.29, 1.82) is 0 Å². The Labute approximate surface area is 130 Å². The average Bonchev–Trinajstić information content (AvgIpc) is 3.30. The largest absolute Gasteiger partial charge is 0.382 e. The highest BCUT2D eigenvalue weighted by Crippen LogP contribution is 2.49. The normalized spacial score (nSPS) is 19.1. The first-order valence-electron chi connectivity index (χ1n) is 7.74. The zero-order valence-electron chi connectivity index (χ0n) is 12.3. The molecule has 3 N–H and O–H groups in total. The van der Waals surface area contributed by atoms with E-state index in [0.29, 0.717) is 17.3 Å². The molecule has 2 aliphatic rings. The Morgan fingerprint density at radius 3 is 2.48 bits per heavy atom. The molecule has 7 heteroatoms. The second kappa shape index (κ2) is 5.76. The van der Waals surface area contributed by atoms with Crippen molar-refractivity contribution < 1.29 is 8.42 Å². The summed E-state index contributed by atoms with van der Waals surface area (Å²) in [5.74, 6) is 2.64. The molecule has 1 heterocycles. The van der Waals surface area contributed by atoms with E-state index in [0.717, 1.165) is 18.4 Å². The van der Waals surface area contributed by atoms with Crippen LogP contribution in [-0.2, 0) is 9.84 Å². The first-order valence-corrected chi connectivity index (χ1v) is 10.2. The summed E-state index contributed by atoms with van der Waals surface area (Å²) in [7, 11) is -3.33. The third-order valence-electron chi connectivity index (χ3n) is 4.41. The van der Waals surface area contributed by atoms with Crippen molar-refractivity contribution in [1.82, 2.24) is 4.37 Å². The van der Waals surface area contributed by atoms with E-state index in [1.165, 1.54) is 37.2 Å². The molecule has 21 heavy (non-hydrogen) atoms.